The second kappa shape index (κ2) is 9.36. The summed E-state index contributed by atoms with van der Waals surface area (Å²) in [4.78, 5) is 22.2. The number of rotatable bonds is 7. The Balaban J connectivity index is 1.35. The number of alkyl halides is 3. The standard InChI is InChI=1S/C26H24F3N7OSe/c1-14(2)36-12-19(26(27,28)29)33-24(36)18-7-6-17(38-18)11-35-9-8-16-10-30-22(34-23(16)35)20-21(15-4-5-15)31-13-32-25(20)37-3/h6-10,12-15H,4-5,11H2,1-3H3. The van der Waals surface area contributed by atoms with E-state index in [1.807, 2.05) is 42.8 Å². The third-order valence-corrected chi connectivity index (χ3v) is 8.75. The summed E-state index contributed by atoms with van der Waals surface area (Å²) >= 11 is -0.178. The number of hydrogen-bond donors (Lipinski definition) is 0. The molecule has 0 aliphatic heterocycles. The first-order chi connectivity index (χ1) is 18.2. The maximum atomic E-state index is 13.3. The molecule has 8 nitrogen and oxygen atoms in total. The number of ether oxygens (including phenoxy) is 1. The molecule has 0 unspecified atom stereocenters. The Morgan fingerprint density at radius 1 is 1.11 bits per heavy atom. The molecule has 38 heavy (non-hydrogen) atoms. The van der Waals surface area contributed by atoms with E-state index in [4.69, 9.17) is 9.72 Å². The molecule has 0 atom stereocenters. The molecule has 1 aliphatic rings. The molecule has 5 aromatic rings. The van der Waals surface area contributed by atoms with Crippen LogP contribution in [0.3, 0.4) is 0 Å². The Morgan fingerprint density at radius 3 is 2.63 bits per heavy atom. The van der Waals surface area contributed by atoms with Gasteiger partial charge in [-0.15, -0.1) is 0 Å². The number of fused-ring (bicyclic) bond motifs is 1. The van der Waals surface area contributed by atoms with Crippen LogP contribution < -0.4 is 4.74 Å². The van der Waals surface area contributed by atoms with Crippen LogP contribution in [0.5, 0.6) is 5.88 Å². The molecule has 5 aromatic heterocycles. The van der Waals surface area contributed by atoms with Crippen molar-refractivity contribution in [2.45, 2.75) is 51.4 Å². The minimum atomic E-state index is -4.48. The summed E-state index contributed by atoms with van der Waals surface area (Å²) in [6, 6.07) is 5.68. The number of halogens is 3. The first-order valence-corrected chi connectivity index (χ1v) is 13.9. The molecule has 0 saturated heterocycles. The molecule has 196 valence electrons. The zero-order chi connectivity index (χ0) is 26.6. The molecule has 6 rings (SSSR count). The zero-order valence-electron chi connectivity index (χ0n) is 20.9. The number of imidazole rings is 1. The molecule has 1 fully saturated rings. The van der Waals surface area contributed by atoms with Crippen molar-refractivity contribution in [3.05, 3.63) is 58.9 Å². The van der Waals surface area contributed by atoms with Crippen molar-refractivity contribution in [3.63, 3.8) is 0 Å². The third kappa shape index (κ3) is 4.52. The van der Waals surface area contributed by atoms with Gasteiger partial charge in [0.25, 0.3) is 0 Å². The van der Waals surface area contributed by atoms with Gasteiger partial charge in [0.2, 0.25) is 0 Å². The predicted molar refractivity (Wildman–Crippen MR) is 136 cm³/mol. The van der Waals surface area contributed by atoms with E-state index in [1.54, 1.807) is 17.9 Å². The second-order valence-electron chi connectivity index (χ2n) is 9.55. The van der Waals surface area contributed by atoms with Crippen LogP contribution in [0.4, 0.5) is 13.2 Å². The Hall–Kier alpha value is -3.50. The van der Waals surface area contributed by atoms with Gasteiger partial charge in [0.15, 0.2) is 0 Å². The predicted octanol–water partition coefficient (Wildman–Crippen LogP) is 5.34. The van der Waals surface area contributed by atoms with Gasteiger partial charge in [-0.25, -0.2) is 0 Å². The first-order valence-electron chi connectivity index (χ1n) is 12.2. The Labute approximate surface area is 222 Å². The van der Waals surface area contributed by atoms with Crippen molar-refractivity contribution >= 4 is 25.5 Å². The normalized spacial score (nSPS) is 14.1. The number of methoxy groups -OCH3 is 1. The van der Waals surface area contributed by atoms with Crippen LogP contribution in [0.2, 0.25) is 0 Å². The molecule has 1 saturated carbocycles. The van der Waals surface area contributed by atoms with Gasteiger partial charge < -0.3 is 0 Å². The Bertz CT molecular complexity index is 1630. The van der Waals surface area contributed by atoms with Crippen LogP contribution in [-0.2, 0) is 12.7 Å². The van der Waals surface area contributed by atoms with Crippen molar-refractivity contribution < 1.29 is 17.9 Å². The van der Waals surface area contributed by atoms with Crippen molar-refractivity contribution in [2.75, 3.05) is 7.11 Å². The molecule has 0 spiro atoms. The molecular weight excluding hydrogens is 562 g/mol. The molecule has 0 amide bonds. The second-order valence-corrected chi connectivity index (χ2v) is 12.0. The summed E-state index contributed by atoms with van der Waals surface area (Å²) in [6.07, 6.45) is 4.00. The van der Waals surface area contributed by atoms with Gasteiger partial charge in [-0.1, -0.05) is 0 Å². The molecule has 1 aliphatic carbocycles. The molecule has 5 heterocycles. The van der Waals surface area contributed by atoms with Crippen LogP contribution in [0.1, 0.15) is 54.5 Å². The maximum absolute atomic E-state index is 13.3. The zero-order valence-corrected chi connectivity index (χ0v) is 22.6. The van der Waals surface area contributed by atoms with E-state index in [9.17, 15) is 13.2 Å². The fourth-order valence-corrected chi connectivity index (χ4v) is 6.59. The van der Waals surface area contributed by atoms with Crippen LogP contribution in [0.15, 0.2) is 43.1 Å². The molecule has 0 bridgehead atoms. The summed E-state index contributed by atoms with van der Waals surface area (Å²) in [5.41, 5.74) is 1.53. The van der Waals surface area contributed by atoms with Crippen molar-refractivity contribution in [2.24, 2.45) is 0 Å². The van der Waals surface area contributed by atoms with Gasteiger partial charge in [0.05, 0.1) is 0 Å². The van der Waals surface area contributed by atoms with E-state index in [1.165, 1.54) is 6.33 Å². The van der Waals surface area contributed by atoms with Gasteiger partial charge in [-0.3, -0.25) is 0 Å². The SMILES string of the molecule is COc1ncnc(C2CC2)c1-c1ncc2ccn(Cc3ccc(-c4nc(C(F)(F)F)cn4C(C)C)[se]3)c2n1. The van der Waals surface area contributed by atoms with Crippen molar-refractivity contribution in [3.8, 4) is 27.5 Å². The van der Waals surface area contributed by atoms with E-state index in [0.717, 1.165) is 50.2 Å². The van der Waals surface area contributed by atoms with Gasteiger partial charge in [0, 0.05) is 0 Å². The minimum absolute atomic E-state index is 0.141. The third-order valence-electron chi connectivity index (χ3n) is 6.51. The van der Waals surface area contributed by atoms with Crippen LogP contribution in [0.25, 0.3) is 32.7 Å². The first kappa shape index (κ1) is 24.8. The van der Waals surface area contributed by atoms with Gasteiger partial charge in [-0.2, -0.15) is 0 Å². The summed E-state index contributed by atoms with van der Waals surface area (Å²) in [7, 11) is 1.57. The fraction of sp³-hybridized carbons (Fsp3) is 0.346. The molecule has 0 radical (unpaired) electrons. The quantitative estimate of drug-likeness (QED) is 0.240. The van der Waals surface area contributed by atoms with Crippen LogP contribution >= 0.6 is 0 Å². The number of aromatic nitrogens is 7. The van der Waals surface area contributed by atoms with Crippen molar-refractivity contribution in [1.82, 2.24) is 34.1 Å². The van der Waals surface area contributed by atoms with Gasteiger partial charge in [0.1, 0.15) is 0 Å². The Kier molecular flexibility index (Phi) is 6.11. The van der Waals surface area contributed by atoms with Gasteiger partial charge >= 0.3 is 222 Å². The summed E-state index contributed by atoms with van der Waals surface area (Å²) in [5.74, 6) is 1.71. The van der Waals surface area contributed by atoms with Crippen LogP contribution in [-0.4, -0.2) is 55.7 Å². The fourth-order valence-electron chi connectivity index (χ4n) is 4.49. The molecule has 12 heteroatoms. The van der Waals surface area contributed by atoms with E-state index >= 15 is 0 Å². The van der Waals surface area contributed by atoms with Gasteiger partial charge in [-0.05, 0) is 0 Å². The van der Waals surface area contributed by atoms with E-state index in [2.05, 4.69) is 19.9 Å². The van der Waals surface area contributed by atoms with Crippen molar-refractivity contribution in [1.29, 1.82) is 0 Å². The number of hydrogen-bond acceptors (Lipinski definition) is 6. The summed E-state index contributed by atoms with van der Waals surface area (Å²) in [5, 5.41) is 0.891. The monoisotopic (exact) mass is 587 g/mol. The van der Waals surface area contributed by atoms with E-state index in [0.29, 0.717) is 30.0 Å². The topological polar surface area (TPSA) is 83.5 Å². The van der Waals surface area contributed by atoms with E-state index < -0.39 is 11.9 Å². The average Bonchev–Trinajstić information content (AvgIpc) is 3.27. The summed E-state index contributed by atoms with van der Waals surface area (Å²) < 4.78 is 51.1. The molecular formula is C26H24F3N7OSe. The summed E-state index contributed by atoms with van der Waals surface area (Å²) in [6.45, 7) is 4.27. The molecule has 0 aromatic carbocycles. The molecule has 0 N–H and O–H groups in total. The van der Waals surface area contributed by atoms with Crippen LogP contribution in [0, 0.1) is 0 Å². The number of nitrogens with zero attached hydrogens (tertiary/aromatic N) is 7. The Morgan fingerprint density at radius 2 is 1.92 bits per heavy atom. The van der Waals surface area contributed by atoms with E-state index in [-0.39, 0.29) is 20.5 Å². The average molecular weight is 586 g/mol.